The van der Waals surface area contributed by atoms with Gasteiger partial charge in [-0.2, -0.15) is 0 Å². The quantitative estimate of drug-likeness (QED) is 0.626. The molecule has 0 aromatic heterocycles. The maximum atomic E-state index is 3.66. The largest absolute Gasteiger partial charge is 0.314 e. The van der Waals surface area contributed by atoms with Crippen molar-refractivity contribution >= 4 is 0 Å². The maximum Gasteiger partial charge on any atom is 0.00925 e. The molecule has 2 unspecified atom stereocenters. The Bertz CT molecular complexity index is 120. The first kappa shape index (κ1) is 14.0. The van der Waals surface area contributed by atoms with Crippen LogP contribution in [0, 0.1) is 11.8 Å². The van der Waals surface area contributed by atoms with E-state index in [4.69, 9.17) is 0 Å². The van der Waals surface area contributed by atoms with Crippen LogP contribution in [0.15, 0.2) is 0 Å². The highest BCUT2D eigenvalue weighted by Crippen LogP contribution is 2.17. The molecule has 0 aliphatic carbocycles. The van der Waals surface area contributed by atoms with Crippen molar-refractivity contribution in [3.63, 3.8) is 0 Å². The van der Waals surface area contributed by atoms with Crippen LogP contribution < -0.4 is 5.32 Å². The van der Waals surface area contributed by atoms with Crippen LogP contribution in [0.3, 0.4) is 0 Å². The highest BCUT2D eigenvalue weighted by molar-refractivity contribution is 4.72. The minimum absolute atomic E-state index is 0.719. The molecule has 1 heteroatoms. The van der Waals surface area contributed by atoms with E-state index in [1.54, 1.807) is 0 Å². The van der Waals surface area contributed by atoms with Crippen molar-refractivity contribution in [3.05, 3.63) is 0 Å². The van der Waals surface area contributed by atoms with Crippen LogP contribution in [0.4, 0.5) is 0 Å². The van der Waals surface area contributed by atoms with Gasteiger partial charge in [0.1, 0.15) is 0 Å². The first-order valence-corrected chi connectivity index (χ1v) is 6.35. The van der Waals surface area contributed by atoms with E-state index in [0.29, 0.717) is 0 Å². The Labute approximate surface area is 90.7 Å². The molecule has 0 heterocycles. The van der Waals surface area contributed by atoms with E-state index in [9.17, 15) is 0 Å². The number of rotatable bonds is 8. The van der Waals surface area contributed by atoms with Crippen molar-refractivity contribution in [3.8, 4) is 0 Å². The first-order valence-electron chi connectivity index (χ1n) is 6.35. The van der Waals surface area contributed by atoms with E-state index >= 15 is 0 Å². The predicted octanol–water partition coefficient (Wildman–Crippen LogP) is 3.84. The molecule has 0 aliphatic rings. The number of nitrogens with one attached hydrogen (secondary N) is 1. The average Bonchev–Trinajstić information content (AvgIpc) is 2.12. The van der Waals surface area contributed by atoms with Crippen LogP contribution in [0.25, 0.3) is 0 Å². The summed E-state index contributed by atoms with van der Waals surface area (Å²) in [6.45, 7) is 12.7. The van der Waals surface area contributed by atoms with Gasteiger partial charge in [0.25, 0.3) is 0 Å². The van der Waals surface area contributed by atoms with Gasteiger partial charge in [0.2, 0.25) is 0 Å². The van der Waals surface area contributed by atoms with Crippen molar-refractivity contribution in [2.75, 3.05) is 6.54 Å². The third-order valence-electron chi connectivity index (χ3n) is 2.90. The van der Waals surface area contributed by atoms with Crippen LogP contribution in [-0.4, -0.2) is 12.6 Å². The highest BCUT2D eigenvalue weighted by atomic mass is 14.9. The molecule has 0 saturated heterocycles. The molecule has 0 rings (SSSR count). The van der Waals surface area contributed by atoms with Crippen LogP contribution in [0.2, 0.25) is 0 Å². The molecule has 1 nitrogen and oxygen atoms in total. The second kappa shape index (κ2) is 8.28. The molecule has 0 bridgehead atoms. The van der Waals surface area contributed by atoms with Gasteiger partial charge in [-0.15, -0.1) is 0 Å². The molecule has 0 saturated carbocycles. The number of hydrogen-bond acceptors (Lipinski definition) is 1. The van der Waals surface area contributed by atoms with E-state index in [1.165, 1.54) is 32.2 Å². The van der Waals surface area contributed by atoms with Crippen molar-refractivity contribution < 1.29 is 0 Å². The van der Waals surface area contributed by atoms with Gasteiger partial charge in [0.15, 0.2) is 0 Å². The Balaban J connectivity index is 3.82. The lowest BCUT2D eigenvalue weighted by molar-refractivity contribution is 0.319. The van der Waals surface area contributed by atoms with Crippen molar-refractivity contribution in [2.24, 2.45) is 11.8 Å². The summed E-state index contributed by atoms with van der Waals surface area (Å²) in [6.07, 6.45) is 5.27. The Morgan fingerprint density at radius 2 is 1.64 bits per heavy atom. The third-order valence-corrected chi connectivity index (χ3v) is 2.90. The summed E-state index contributed by atoms with van der Waals surface area (Å²) in [4.78, 5) is 0. The van der Waals surface area contributed by atoms with Crippen LogP contribution in [0.5, 0.6) is 0 Å². The number of hydrogen-bond donors (Lipinski definition) is 1. The van der Waals surface area contributed by atoms with E-state index in [-0.39, 0.29) is 0 Å². The van der Waals surface area contributed by atoms with Crippen molar-refractivity contribution in [2.45, 2.75) is 66.3 Å². The molecule has 0 spiro atoms. The predicted molar refractivity (Wildman–Crippen MR) is 65.6 cm³/mol. The van der Waals surface area contributed by atoms with E-state index in [1.807, 2.05) is 0 Å². The lowest BCUT2D eigenvalue weighted by Gasteiger charge is -2.25. The standard InChI is InChI=1S/C13H29N/c1-6-8-12(5)10-13(11(3)4)14-9-7-2/h11-14H,6-10H2,1-5H3. The summed E-state index contributed by atoms with van der Waals surface area (Å²) in [7, 11) is 0. The van der Waals surface area contributed by atoms with Crippen LogP contribution >= 0.6 is 0 Å². The van der Waals surface area contributed by atoms with E-state index < -0.39 is 0 Å². The van der Waals surface area contributed by atoms with Crippen molar-refractivity contribution in [1.29, 1.82) is 0 Å². The minimum atomic E-state index is 0.719. The fourth-order valence-corrected chi connectivity index (χ4v) is 1.97. The Kier molecular flexibility index (Phi) is 8.26. The zero-order valence-electron chi connectivity index (χ0n) is 10.8. The topological polar surface area (TPSA) is 12.0 Å². The second-order valence-corrected chi connectivity index (χ2v) is 4.93. The normalized spacial score (nSPS) is 15.9. The van der Waals surface area contributed by atoms with Gasteiger partial charge in [-0.1, -0.05) is 47.5 Å². The summed E-state index contributed by atoms with van der Waals surface area (Å²) >= 11 is 0. The molecule has 0 aromatic rings. The summed E-state index contributed by atoms with van der Waals surface area (Å²) in [6, 6.07) is 0.719. The van der Waals surface area contributed by atoms with Gasteiger partial charge in [-0.3, -0.25) is 0 Å². The zero-order chi connectivity index (χ0) is 11.0. The Morgan fingerprint density at radius 3 is 2.07 bits per heavy atom. The van der Waals surface area contributed by atoms with Gasteiger partial charge >= 0.3 is 0 Å². The molecule has 2 atom stereocenters. The van der Waals surface area contributed by atoms with Crippen LogP contribution in [0.1, 0.15) is 60.3 Å². The molecule has 0 radical (unpaired) electrons. The summed E-state index contributed by atoms with van der Waals surface area (Å²) in [5, 5.41) is 3.66. The average molecular weight is 199 g/mol. The van der Waals surface area contributed by atoms with Gasteiger partial charge in [0.05, 0.1) is 0 Å². The monoisotopic (exact) mass is 199 g/mol. The lowest BCUT2D eigenvalue weighted by Crippen LogP contribution is -2.35. The second-order valence-electron chi connectivity index (χ2n) is 4.93. The third kappa shape index (κ3) is 6.42. The summed E-state index contributed by atoms with van der Waals surface area (Å²) < 4.78 is 0. The first-order chi connectivity index (χ1) is 6.61. The van der Waals surface area contributed by atoms with Gasteiger partial charge in [-0.25, -0.2) is 0 Å². The van der Waals surface area contributed by atoms with Gasteiger partial charge < -0.3 is 5.32 Å². The highest BCUT2D eigenvalue weighted by Gasteiger charge is 2.15. The van der Waals surface area contributed by atoms with Gasteiger partial charge in [-0.05, 0) is 31.2 Å². The molecule has 0 aliphatic heterocycles. The SMILES string of the molecule is CCCNC(CC(C)CCC)C(C)C. The van der Waals surface area contributed by atoms with Crippen molar-refractivity contribution in [1.82, 2.24) is 5.32 Å². The molecule has 0 fully saturated rings. The Morgan fingerprint density at radius 1 is 1.00 bits per heavy atom. The van der Waals surface area contributed by atoms with E-state index in [0.717, 1.165) is 17.9 Å². The molecular weight excluding hydrogens is 170 g/mol. The molecule has 14 heavy (non-hydrogen) atoms. The lowest BCUT2D eigenvalue weighted by atomic mass is 9.91. The van der Waals surface area contributed by atoms with E-state index in [2.05, 4.69) is 39.9 Å². The van der Waals surface area contributed by atoms with Gasteiger partial charge in [0, 0.05) is 6.04 Å². The zero-order valence-corrected chi connectivity index (χ0v) is 10.8. The fourth-order valence-electron chi connectivity index (χ4n) is 1.97. The summed E-state index contributed by atoms with van der Waals surface area (Å²) in [5.74, 6) is 1.64. The summed E-state index contributed by atoms with van der Waals surface area (Å²) in [5.41, 5.74) is 0. The Hall–Kier alpha value is -0.0400. The molecule has 86 valence electrons. The molecule has 0 amide bonds. The molecule has 1 N–H and O–H groups in total. The maximum absolute atomic E-state index is 3.66. The molecular formula is C13H29N. The molecule has 0 aromatic carbocycles. The fraction of sp³-hybridized carbons (Fsp3) is 1.00. The minimum Gasteiger partial charge on any atom is -0.314 e. The smallest absolute Gasteiger partial charge is 0.00925 e. The van der Waals surface area contributed by atoms with Crippen LogP contribution in [-0.2, 0) is 0 Å².